The number of hydrogen-bond donors (Lipinski definition) is 2. The van der Waals surface area contributed by atoms with E-state index in [1.54, 1.807) is 24.3 Å². The third kappa shape index (κ3) is 5.90. The summed E-state index contributed by atoms with van der Waals surface area (Å²) in [7, 11) is 0. The molecule has 0 saturated carbocycles. The number of benzene rings is 2. The molecule has 0 aliphatic heterocycles. The second kappa shape index (κ2) is 9.09. The van der Waals surface area contributed by atoms with Gasteiger partial charge >= 0.3 is 18.1 Å². The molecular weight excluding hydrogens is 429 g/mol. The second-order valence-electron chi connectivity index (χ2n) is 6.68. The Bertz CT molecular complexity index is 901. The summed E-state index contributed by atoms with van der Waals surface area (Å²) in [5.41, 5.74) is -1.89. The molecule has 0 unspecified atom stereocenters. The van der Waals surface area contributed by atoms with Crippen molar-refractivity contribution in [1.29, 1.82) is 0 Å². The molecule has 0 bridgehead atoms. The van der Waals surface area contributed by atoms with Crippen LogP contribution in [0.15, 0.2) is 52.3 Å². The lowest BCUT2D eigenvalue weighted by atomic mass is 9.84. The molecule has 0 amide bonds. The maximum absolute atomic E-state index is 12.8. The van der Waals surface area contributed by atoms with E-state index in [2.05, 4.69) is 0 Å². The molecule has 29 heavy (non-hydrogen) atoms. The smallest absolute Gasteiger partial charge is 0.416 e. The molecule has 4 nitrogen and oxygen atoms in total. The van der Waals surface area contributed by atoms with Crippen molar-refractivity contribution in [1.82, 2.24) is 0 Å². The number of carboxylic acids is 2. The van der Waals surface area contributed by atoms with Gasteiger partial charge in [0, 0.05) is 14.8 Å². The van der Waals surface area contributed by atoms with Crippen LogP contribution in [0.3, 0.4) is 0 Å². The predicted octanol–water partition coefficient (Wildman–Crippen LogP) is 6.01. The van der Waals surface area contributed by atoms with Crippen molar-refractivity contribution < 1.29 is 33.0 Å². The molecule has 0 heterocycles. The van der Waals surface area contributed by atoms with Crippen molar-refractivity contribution in [3.8, 4) is 0 Å². The van der Waals surface area contributed by atoms with Crippen molar-refractivity contribution in [3.05, 3.63) is 58.6 Å². The molecule has 0 radical (unpaired) electrons. The second-order valence-corrected chi connectivity index (χ2v) is 8.23. The SMILES string of the molecule is CC(CCCc1ccc(Sc2cccc(C(F)(F)F)c2)cc1Cl)(C(=O)O)C(=O)O. The molecule has 0 aliphatic rings. The Kier molecular flexibility index (Phi) is 7.24. The normalized spacial score (nSPS) is 12.0. The van der Waals surface area contributed by atoms with Crippen LogP contribution in [-0.4, -0.2) is 22.2 Å². The van der Waals surface area contributed by atoms with Crippen LogP contribution >= 0.6 is 23.4 Å². The van der Waals surface area contributed by atoms with Crippen LogP contribution in [0.25, 0.3) is 0 Å². The molecule has 156 valence electrons. The van der Waals surface area contributed by atoms with Gasteiger partial charge in [0.25, 0.3) is 0 Å². The molecule has 0 fully saturated rings. The number of halogens is 4. The lowest BCUT2D eigenvalue weighted by molar-refractivity contribution is -0.163. The van der Waals surface area contributed by atoms with E-state index >= 15 is 0 Å². The fourth-order valence-electron chi connectivity index (χ4n) is 2.60. The summed E-state index contributed by atoms with van der Waals surface area (Å²) >= 11 is 7.39. The highest BCUT2D eigenvalue weighted by atomic mass is 35.5. The third-order valence-corrected chi connectivity index (χ3v) is 5.82. The van der Waals surface area contributed by atoms with Gasteiger partial charge < -0.3 is 10.2 Å². The first-order chi connectivity index (χ1) is 13.4. The van der Waals surface area contributed by atoms with Gasteiger partial charge in [0.1, 0.15) is 0 Å². The Labute approximate surface area is 174 Å². The molecule has 0 spiro atoms. The molecule has 2 aromatic carbocycles. The summed E-state index contributed by atoms with van der Waals surface area (Å²) in [5.74, 6) is -2.80. The molecule has 0 aliphatic carbocycles. The summed E-state index contributed by atoms with van der Waals surface area (Å²) in [6, 6.07) is 10.0. The van der Waals surface area contributed by atoms with Gasteiger partial charge in [0.2, 0.25) is 0 Å². The lowest BCUT2D eigenvalue weighted by Gasteiger charge is -2.19. The number of alkyl halides is 3. The van der Waals surface area contributed by atoms with Gasteiger partial charge in [-0.1, -0.05) is 35.5 Å². The average molecular weight is 447 g/mol. The molecule has 2 N–H and O–H groups in total. The number of rotatable bonds is 8. The zero-order valence-electron chi connectivity index (χ0n) is 15.3. The lowest BCUT2D eigenvalue weighted by Crippen LogP contribution is -2.36. The Morgan fingerprint density at radius 2 is 1.66 bits per heavy atom. The van der Waals surface area contributed by atoms with E-state index in [0.29, 0.717) is 33.2 Å². The molecule has 9 heteroatoms. The standard InChI is InChI=1S/C20H18ClF3O4S/c1-19(17(25)26,18(27)28)9-3-4-12-7-8-15(11-16(12)21)29-14-6-2-5-13(10-14)20(22,23)24/h2,5-8,10-11H,3-4,9H2,1H3,(H,25,26)(H,27,28). The van der Waals surface area contributed by atoms with Gasteiger partial charge in [-0.2, -0.15) is 13.2 Å². The highest BCUT2D eigenvalue weighted by molar-refractivity contribution is 7.99. The number of aliphatic carboxylic acids is 2. The van der Waals surface area contributed by atoms with E-state index in [4.69, 9.17) is 21.8 Å². The monoisotopic (exact) mass is 446 g/mol. The van der Waals surface area contributed by atoms with Crippen molar-refractivity contribution in [2.45, 2.75) is 42.2 Å². The van der Waals surface area contributed by atoms with Gasteiger partial charge in [-0.3, -0.25) is 9.59 Å². The number of carboxylic acid groups (broad SMARTS) is 2. The van der Waals surface area contributed by atoms with Gasteiger partial charge in [-0.15, -0.1) is 0 Å². The first kappa shape index (κ1) is 23.1. The van der Waals surface area contributed by atoms with Crippen LogP contribution in [0, 0.1) is 5.41 Å². The Morgan fingerprint density at radius 1 is 1.03 bits per heavy atom. The fourth-order valence-corrected chi connectivity index (χ4v) is 3.86. The molecule has 2 rings (SSSR count). The molecule has 2 aromatic rings. The van der Waals surface area contributed by atoms with Gasteiger partial charge in [0.15, 0.2) is 5.41 Å². The first-order valence-corrected chi connectivity index (χ1v) is 9.73. The maximum Gasteiger partial charge on any atom is 0.416 e. The van der Waals surface area contributed by atoms with E-state index in [1.807, 2.05) is 0 Å². The Balaban J connectivity index is 2.06. The largest absolute Gasteiger partial charge is 0.480 e. The van der Waals surface area contributed by atoms with Crippen LogP contribution in [0.5, 0.6) is 0 Å². The van der Waals surface area contributed by atoms with Crippen LogP contribution < -0.4 is 0 Å². The molecule has 0 aromatic heterocycles. The highest BCUT2D eigenvalue weighted by Crippen LogP contribution is 2.36. The van der Waals surface area contributed by atoms with Crippen LogP contribution in [0.2, 0.25) is 5.02 Å². The zero-order valence-corrected chi connectivity index (χ0v) is 16.9. The third-order valence-electron chi connectivity index (χ3n) is 4.49. The number of aryl methyl sites for hydroxylation is 1. The fraction of sp³-hybridized carbons (Fsp3) is 0.300. The van der Waals surface area contributed by atoms with Crippen molar-refractivity contribution >= 4 is 35.3 Å². The Morgan fingerprint density at radius 3 is 2.21 bits per heavy atom. The van der Waals surface area contributed by atoms with Crippen LogP contribution in [-0.2, 0) is 22.2 Å². The zero-order chi connectivity index (χ0) is 21.8. The summed E-state index contributed by atoms with van der Waals surface area (Å²) in [6.45, 7) is 1.16. The van der Waals surface area contributed by atoms with Crippen molar-refractivity contribution in [2.24, 2.45) is 5.41 Å². The van der Waals surface area contributed by atoms with Crippen LogP contribution in [0.4, 0.5) is 13.2 Å². The summed E-state index contributed by atoms with van der Waals surface area (Å²) in [5, 5.41) is 18.6. The summed E-state index contributed by atoms with van der Waals surface area (Å²) in [4.78, 5) is 23.5. The molecule has 0 atom stereocenters. The maximum atomic E-state index is 12.8. The van der Waals surface area contributed by atoms with E-state index < -0.39 is 29.1 Å². The summed E-state index contributed by atoms with van der Waals surface area (Å²) in [6.07, 6.45) is -3.80. The quantitative estimate of drug-likeness (QED) is 0.486. The van der Waals surface area contributed by atoms with Gasteiger partial charge in [-0.25, -0.2) is 0 Å². The van der Waals surface area contributed by atoms with Crippen molar-refractivity contribution in [3.63, 3.8) is 0 Å². The predicted molar refractivity (Wildman–Crippen MR) is 103 cm³/mol. The van der Waals surface area contributed by atoms with E-state index in [0.717, 1.165) is 30.8 Å². The van der Waals surface area contributed by atoms with E-state index in [-0.39, 0.29) is 6.42 Å². The minimum Gasteiger partial charge on any atom is -0.480 e. The number of carbonyl (C=O) groups is 2. The van der Waals surface area contributed by atoms with Crippen molar-refractivity contribution in [2.75, 3.05) is 0 Å². The first-order valence-electron chi connectivity index (χ1n) is 8.54. The number of hydrogen-bond acceptors (Lipinski definition) is 3. The van der Waals surface area contributed by atoms with Gasteiger partial charge in [0.05, 0.1) is 5.56 Å². The minimum atomic E-state index is -4.42. The minimum absolute atomic E-state index is 0.0608. The highest BCUT2D eigenvalue weighted by Gasteiger charge is 2.40. The molecule has 0 saturated heterocycles. The van der Waals surface area contributed by atoms with E-state index in [9.17, 15) is 22.8 Å². The van der Waals surface area contributed by atoms with Gasteiger partial charge in [-0.05, 0) is 62.1 Å². The van der Waals surface area contributed by atoms with Crippen LogP contribution in [0.1, 0.15) is 30.9 Å². The Hall–Kier alpha value is -2.19. The van der Waals surface area contributed by atoms with E-state index in [1.165, 1.54) is 6.07 Å². The average Bonchev–Trinajstić information content (AvgIpc) is 2.62. The molecular formula is C20H18ClF3O4S. The summed E-state index contributed by atoms with van der Waals surface area (Å²) < 4.78 is 38.5. The topological polar surface area (TPSA) is 74.6 Å².